The number of hydrogen-bond acceptors (Lipinski definition) is 11. The zero-order valence-electron chi connectivity index (χ0n) is 30.9. The molecule has 17 heteroatoms. The minimum atomic E-state index is -0.745. The van der Waals surface area contributed by atoms with Crippen molar-refractivity contribution in [2.45, 2.75) is 118 Å². The van der Waals surface area contributed by atoms with Gasteiger partial charge in [-0.25, -0.2) is 4.99 Å². The molecule has 1 aliphatic rings. The zero-order valence-corrected chi connectivity index (χ0v) is 33.1. The van der Waals surface area contributed by atoms with E-state index in [1.807, 2.05) is 48.5 Å². The van der Waals surface area contributed by atoms with Gasteiger partial charge in [0, 0.05) is 19.4 Å². The Labute approximate surface area is 316 Å². The van der Waals surface area contributed by atoms with Crippen molar-refractivity contribution in [2.24, 2.45) is 33.3 Å². The van der Waals surface area contributed by atoms with Gasteiger partial charge >= 0.3 is 0 Å². The standard InChI is InChI=1S/C20H37N3O4.C14H18Cl3N5O2/c1-7-8-9-16(12-24)22-19(26)18(11-14(4)5)23-20(27)17(10-13(2)3)21-15(6)25;1-14(2)21-12(18)20-13(19)22(14)24-5-3-4-23-11-7-9(16)8(15)6-10(11)17/h12-14,16-18H,7-11H2,1-6H3,(H,21,25)(H,22,26)(H,23,27);6-7H,3-5H2,1-2H3,(H4,18,19,20,21)/t16-,17-,18-;/m0./s1. The highest BCUT2D eigenvalue weighted by atomic mass is 35.5. The van der Waals surface area contributed by atoms with Crippen LogP contribution in [0.2, 0.25) is 15.1 Å². The Kier molecular flexibility index (Phi) is 20.2. The highest BCUT2D eigenvalue weighted by Crippen LogP contribution is 2.34. The molecule has 7 N–H and O–H groups in total. The second kappa shape index (κ2) is 22.6. The second-order valence-electron chi connectivity index (χ2n) is 13.4. The number of carbonyl (C=O) groups excluding carboxylic acids is 4. The number of halogens is 3. The SMILES string of the molecule is CC1(C)N=C(N)N=C(N)N1OCCCOc1cc(Cl)c(Cl)cc1Cl.CCCC[C@@H](C=O)NC(=O)[C@H](CC(C)C)NC(=O)[C@H](CC(C)C)NC(C)=O. The average Bonchev–Trinajstić information content (AvgIpc) is 3.01. The lowest BCUT2D eigenvalue weighted by atomic mass is 9.99. The molecule has 0 saturated heterocycles. The van der Waals surface area contributed by atoms with Gasteiger partial charge in [0.2, 0.25) is 29.6 Å². The molecule has 1 aliphatic heterocycles. The van der Waals surface area contributed by atoms with Crippen LogP contribution in [0.15, 0.2) is 22.1 Å². The van der Waals surface area contributed by atoms with Gasteiger partial charge in [0.25, 0.3) is 0 Å². The third-order valence-electron chi connectivity index (χ3n) is 7.17. The number of rotatable bonds is 19. The summed E-state index contributed by atoms with van der Waals surface area (Å²) in [6, 6.07) is 1.12. The number of nitrogens with zero attached hydrogens (tertiary/aromatic N) is 3. The Morgan fingerprint density at radius 1 is 0.902 bits per heavy atom. The lowest BCUT2D eigenvalue weighted by Crippen LogP contribution is -2.55. The summed E-state index contributed by atoms with van der Waals surface area (Å²) < 4.78 is 5.58. The van der Waals surface area contributed by atoms with Crippen LogP contribution in [0.5, 0.6) is 5.75 Å². The van der Waals surface area contributed by atoms with Gasteiger partial charge < -0.3 is 36.9 Å². The van der Waals surface area contributed by atoms with Crippen molar-refractivity contribution in [3.63, 3.8) is 0 Å². The van der Waals surface area contributed by atoms with Crippen LogP contribution < -0.4 is 32.2 Å². The Morgan fingerprint density at radius 2 is 1.47 bits per heavy atom. The average molecular weight is 778 g/mol. The molecule has 0 bridgehead atoms. The van der Waals surface area contributed by atoms with Crippen LogP contribution in [0.3, 0.4) is 0 Å². The Balaban J connectivity index is 0.000000512. The molecule has 1 aromatic carbocycles. The predicted molar refractivity (Wildman–Crippen MR) is 203 cm³/mol. The second-order valence-corrected chi connectivity index (χ2v) is 14.6. The number of aldehydes is 1. The molecule has 1 aromatic rings. The van der Waals surface area contributed by atoms with E-state index >= 15 is 0 Å². The molecular weight excluding hydrogens is 723 g/mol. The summed E-state index contributed by atoms with van der Waals surface area (Å²) >= 11 is 17.8. The first-order valence-electron chi connectivity index (χ1n) is 17.0. The molecule has 0 aromatic heterocycles. The molecule has 0 saturated carbocycles. The van der Waals surface area contributed by atoms with E-state index in [1.54, 1.807) is 6.07 Å². The normalized spacial score (nSPS) is 15.4. The number of nitrogens with two attached hydrogens (primary N) is 2. The largest absolute Gasteiger partial charge is 0.492 e. The van der Waals surface area contributed by atoms with Gasteiger partial charge in [0.15, 0.2) is 5.66 Å². The molecule has 0 spiro atoms. The van der Waals surface area contributed by atoms with E-state index in [0.29, 0.717) is 59.7 Å². The minimum Gasteiger partial charge on any atom is -0.492 e. The van der Waals surface area contributed by atoms with Crippen molar-refractivity contribution in [2.75, 3.05) is 13.2 Å². The van der Waals surface area contributed by atoms with Crippen LogP contribution in [0.25, 0.3) is 0 Å². The quantitative estimate of drug-likeness (QED) is 0.0730. The third-order valence-corrected chi connectivity index (χ3v) is 8.18. The van der Waals surface area contributed by atoms with Gasteiger partial charge in [-0.05, 0) is 51.0 Å². The van der Waals surface area contributed by atoms with E-state index in [0.717, 1.165) is 19.1 Å². The molecule has 3 atom stereocenters. The molecule has 0 fully saturated rings. The Hall–Kier alpha value is -3.33. The van der Waals surface area contributed by atoms with Crippen molar-refractivity contribution in [1.82, 2.24) is 21.0 Å². The summed E-state index contributed by atoms with van der Waals surface area (Å²) in [5.74, 6) is 0.0846. The zero-order chi connectivity index (χ0) is 38.9. The van der Waals surface area contributed by atoms with Crippen LogP contribution >= 0.6 is 34.8 Å². The lowest BCUT2D eigenvalue weighted by molar-refractivity contribution is -0.158. The predicted octanol–water partition coefficient (Wildman–Crippen LogP) is 4.97. The van der Waals surface area contributed by atoms with E-state index in [9.17, 15) is 19.2 Å². The van der Waals surface area contributed by atoms with Crippen LogP contribution in [0.4, 0.5) is 0 Å². The molecule has 0 aliphatic carbocycles. The number of unbranched alkanes of at least 4 members (excludes halogenated alkanes) is 1. The van der Waals surface area contributed by atoms with Crippen molar-refractivity contribution >= 4 is 70.7 Å². The van der Waals surface area contributed by atoms with Crippen LogP contribution in [0.1, 0.15) is 93.9 Å². The third kappa shape index (κ3) is 17.2. The van der Waals surface area contributed by atoms with Gasteiger partial charge in [-0.1, -0.05) is 82.3 Å². The van der Waals surface area contributed by atoms with E-state index in [4.69, 9.17) is 55.8 Å². The number of hydroxylamine groups is 2. The molecule has 0 unspecified atom stereocenters. The maximum Gasteiger partial charge on any atom is 0.243 e. The molecule has 51 heavy (non-hydrogen) atoms. The van der Waals surface area contributed by atoms with Gasteiger partial charge in [-0.2, -0.15) is 10.1 Å². The summed E-state index contributed by atoms with van der Waals surface area (Å²) in [6.45, 7) is 15.6. The monoisotopic (exact) mass is 776 g/mol. The fourth-order valence-corrected chi connectivity index (χ4v) is 5.43. The highest BCUT2D eigenvalue weighted by Gasteiger charge is 2.33. The number of hydrogen-bond donors (Lipinski definition) is 5. The van der Waals surface area contributed by atoms with Crippen molar-refractivity contribution < 1.29 is 28.8 Å². The fraction of sp³-hybridized carbons (Fsp3) is 0.647. The molecule has 3 amide bonds. The smallest absolute Gasteiger partial charge is 0.243 e. The molecule has 1 heterocycles. The van der Waals surface area contributed by atoms with E-state index in [2.05, 4.69) is 25.9 Å². The first kappa shape index (κ1) is 45.7. The highest BCUT2D eigenvalue weighted by molar-refractivity contribution is 6.43. The first-order chi connectivity index (χ1) is 23.8. The van der Waals surface area contributed by atoms with Crippen LogP contribution in [-0.4, -0.2) is 78.0 Å². The summed E-state index contributed by atoms with van der Waals surface area (Å²) in [4.78, 5) is 61.6. The summed E-state index contributed by atoms with van der Waals surface area (Å²) in [5, 5.41) is 10.7. The van der Waals surface area contributed by atoms with E-state index in [1.165, 1.54) is 18.1 Å². The molecule has 14 nitrogen and oxygen atoms in total. The molecule has 0 radical (unpaired) electrons. The first-order valence-corrected chi connectivity index (χ1v) is 18.2. The number of guanidine groups is 2. The van der Waals surface area contributed by atoms with Gasteiger partial charge in [-0.3, -0.25) is 19.2 Å². The van der Waals surface area contributed by atoms with Gasteiger partial charge in [0.1, 0.15) is 24.1 Å². The summed E-state index contributed by atoms with van der Waals surface area (Å²) in [7, 11) is 0. The summed E-state index contributed by atoms with van der Waals surface area (Å²) in [5.41, 5.74) is 10.7. The number of amides is 3. The number of carbonyl (C=O) groups is 4. The topological polar surface area (TPSA) is 203 Å². The Morgan fingerprint density at radius 3 is 2.00 bits per heavy atom. The van der Waals surface area contributed by atoms with Crippen LogP contribution in [0, 0.1) is 11.8 Å². The van der Waals surface area contributed by atoms with E-state index < -0.39 is 23.8 Å². The molecular formula is C34H55Cl3N8O6. The fourth-order valence-electron chi connectivity index (χ4n) is 4.83. The number of ether oxygens (including phenoxy) is 1. The number of nitrogens with one attached hydrogen (secondary N) is 3. The van der Waals surface area contributed by atoms with Crippen LogP contribution in [-0.2, 0) is 24.0 Å². The Bertz CT molecular complexity index is 1380. The maximum atomic E-state index is 12.7. The minimum absolute atomic E-state index is 0.120. The number of benzene rings is 1. The number of aliphatic imine (C=N–C) groups is 2. The van der Waals surface area contributed by atoms with Gasteiger partial charge in [-0.15, -0.1) is 0 Å². The maximum absolute atomic E-state index is 12.7. The summed E-state index contributed by atoms with van der Waals surface area (Å²) in [6.07, 6.45) is 4.59. The lowest BCUT2D eigenvalue weighted by Gasteiger charge is -2.36. The van der Waals surface area contributed by atoms with E-state index in [-0.39, 0.29) is 41.5 Å². The van der Waals surface area contributed by atoms with Crippen molar-refractivity contribution in [3.8, 4) is 5.75 Å². The van der Waals surface area contributed by atoms with Gasteiger partial charge in [0.05, 0.1) is 34.3 Å². The molecule has 288 valence electrons. The van der Waals surface area contributed by atoms with Crippen molar-refractivity contribution in [3.05, 3.63) is 27.2 Å². The van der Waals surface area contributed by atoms with Crippen molar-refractivity contribution in [1.29, 1.82) is 0 Å². The molecule has 2 rings (SSSR count).